The van der Waals surface area contributed by atoms with Crippen molar-refractivity contribution in [3.05, 3.63) is 103 Å². The number of rotatable bonds is 4. The fourth-order valence-electron chi connectivity index (χ4n) is 2.88. The summed E-state index contributed by atoms with van der Waals surface area (Å²) in [6, 6.07) is 28.0. The molecule has 0 bridgehead atoms. The minimum Gasteiger partial charge on any atom is -0.0871 e. The molecule has 0 aromatic heterocycles. The standard InChI is InChI=1S/C24H22/c1-3-8-19(4-2)21-11-13-23(14-12-21)24-17-15-22(16-18-24)20-9-6-5-7-10-20/h3-18H,1-2H3/b8-3-,19-4+. The summed E-state index contributed by atoms with van der Waals surface area (Å²) < 4.78 is 0. The predicted octanol–water partition coefficient (Wildman–Crippen LogP) is 7.00. The summed E-state index contributed by atoms with van der Waals surface area (Å²) in [5, 5.41) is 0. The lowest BCUT2D eigenvalue weighted by Gasteiger charge is -2.07. The molecule has 0 saturated heterocycles. The normalized spacial score (nSPS) is 11.8. The lowest BCUT2D eigenvalue weighted by Crippen LogP contribution is -1.83. The summed E-state index contributed by atoms with van der Waals surface area (Å²) in [4.78, 5) is 0. The van der Waals surface area contributed by atoms with Gasteiger partial charge in [0.1, 0.15) is 0 Å². The molecule has 0 heteroatoms. The van der Waals surface area contributed by atoms with Crippen LogP contribution in [0.15, 0.2) is 97.1 Å². The van der Waals surface area contributed by atoms with Crippen LogP contribution in [0.1, 0.15) is 19.4 Å². The monoisotopic (exact) mass is 310 g/mol. The minimum absolute atomic E-state index is 1.24. The summed E-state index contributed by atoms with van der Waals surface area (Å²) in [5.41, 5.74) is 7.50. The molecule has 0 heterocycles. The average molecular weight is 310 g/mol. The van der Waals surface area contributed by atoms with E-state index in [1.54, 1.807) is 0 Å². The van der Waals surface area contributed by atoms with Crippen LogP contribution in [0.25, 0.3) is 27.8 Å². The molecule has 3 aromatic carbocycles. The lowest BCUT2D eigenvalue weighted by molar-refractivity contribution is 1.55. The highest BCUT2D eigenvalue weighted by Gasteiger charge is 2.02. The largest absolute Gasteiger partial charge is 0.0871 e. The van der Waals surface area contributed by atoms with Gasteiger partial charge in [-0.15, -0.1) is 0 Å². The average Bonchev–Trinajstić information content (AvgIpc) is 2.67. The highest BCUT2D eigenvalue weighted by molar-refractivity contribution is 5.76. The van der Waals surface area contributed by atoms with Gasteiger partial charge in [-0.3, -0.25) is 0 Å². The molecule has 0 unspecified atom stereocenters. The summed E-state index contributed by atoms with van der Waals surface area (Å²) >= 11 is 0. The highest BCUT2D eigenvalue weighted by atomic mass is 14.1. The van der Waals surface area contributed by atoms with Crippen molar-refractivity contribution in [2.24, 2.45) is 0 Å². The second-order valence-electron chi connectivity index (χ2n) is 5.76. The molecule has 0 nitrogen and oxygen atoms in total. The SMILES string of the molecule is C/C=C\C(=C/C)c1ccc(-c2ccc(-c3ccccc3)cc2)cc1. The molecule has 24 heavy (non-hydrogen) atoms. The first-order chi connectivity index (χ1) is 11.8. The molecule has 0 aliphatic heterocycles. The molecule has 0 atom stereocenters. The highest BCUT2D eigenvalue weighted by Crippen LogP contribution is 2.26. The number of hydrogen-bond acceptors (Lipinski definition) is 0. The molecule has 0 aliphatic rings. The number of benzene rings is 3. The van der Waals surface area contributed by atoms with Gasteiger partial charge < -0.3 is 0 Å². The zero-order valence-electron chi connectivity index (χ0n) is 14.2. The van der Waals surface area contributed by atoms with Gasteiger partial charge in [0.05, 0.1) is 0 Å². The Bertz CT molecular complexity index is 833. The summed E-state index contributed by atoms with van der Waals surface area (Å²) in [7, 11) is 0. The van der Waals surface area contributed by atoms with Crippen LogP contribution < -0.4 is 0 Å². The Kier molecular flexibility index (Phi) is 5.08. The van der Waals surface area contributed by atoms with Crippen LogP contribution in [0.2, 0.25) is 0 Å². The molecule has 3 aromatic rings. The van der Waals surface area contributed by atoms with Gasteiger partial charge in [-0.25, -0.2) is 0 Å². The van der Waals surface area contributed by atoms with E-state index in [1.165, 1.54) is 33.4 Å². The Hall–Kier alpha value is -2.86. The Labute approximate surface area is 144 Å². The van der Waals surface area contributed by atoms with E-state index < -0.39 is 0 Å². The van der Waals surface area contributed by atoms with Gasteiger partial charge in [0.15, 0.2) is 0 Å². The number of allylic oxidation sites excluding steroid dienone is 4. The zero-order valence-corrected chi connectivity index (χ0v) is 14.2. The fourth-order valence-corrected chi connectivity index (χ4v) is 2.88. The quantitative estimate of drug-likeness (QED) is 0.455. The molecule has 0 fully saturated rings. The van der Waals surface area contributed by atoms with Crippen molar-refractivity contribution in [2.75, 3.05) is 0 Å². The molecular weight excluding hydrogens is 288 g/mol. The van der Waals surface area contributed by atoms with Gasteiger partial charge in [-0.05, 0) is 47.2 Å². The maximum absolute atomic E-state index is 2.19. The van der Waals surface area contributed by atoms with Crippen LogP contribution in [0.3, 0.4) is 0 Å². The Morgan fingerprint density at radius 1 is 0.583 bits per heavy atom. The third kappa shape index (κ3) is 3.55. The zero-order chi connectivity index (χ0) is 16.8. The maximum atomic E-state index is 2.19. The molecular formula is C24H22. The van der Waals surface area contributed by atoms with Crippen molar-refractivity contribution >= 4 is 5.57 Å². The van der Waals surface area contributed by atoms with E-state index in [2.05, 4.69) is 97.9 Å². The third-order valence-electron chi connectivity index (χ3n) is 4.20. The molecule has 0 N–H and O–H groups in total. The van der Waals surface area contributed by atoms with E-state index >= 15 is 0 Å². The minimum atomic E-state index is 1.24. The van der Waals surface area contributed by atoms with E-state index in [9.17, 15) is 0 Å². The van der Waals surface area contributed by atoms with Gasteiger partial charge in [0.25, 0.3) is 0 Å². The first-order valence-corrected chi connectivity index (χ1v) is 8.37. The van der Waals surface area contributed by atoms with E-state index in [0.717, 1.165) is 0 Å². The van der Waals surface area contributed by atoms with Crippen molar-refractivity contribution in [1.29, 1.82) is 0 Å². The van der Waals surface area contributed by atoms with E-state index in [-0.39, 0.29) is 0 Å². The molecule has 0 amide bonds. The number of hydrogen-bond donors (Lipinski definition) is 0. The maximum Gasteiger partial charge on any atom is -0.0184 e. The molecule has 3 rings (SSSR count). The van der Waals surface area contributed by atoms with Gasteiger partial charge in [0.2, 0.25) is 0 Å². The molecule has 0 radical (unpaired) electrons. The van der Waals surface area contributed by atoms with Gasteiger partial charge in [-0.2, -0.15) is 0 Å². The van der Waals surface area contributed by atoms with Crippen LogP contribution >= 0.6 is 0 Å². The van der Waals surface area contributed by atoms with Crippen molar-refractivity contribution in [3.8, 4) is 22.3 Å². The predicted molar refractivity (Wildman–Crippen MR) is 106 cm³/mol. The molecule has 118 valence electrons. The van der Waals surface area contributed by atoms with E-state index in [4.69, 9.17) is 0 Å². The lowest BCUT2D eigenvalue weighted by atomic mass is 9.98. The van der Waals surface area contributed by atoms with Gasteiger partial charge in [-0.1, -0.05) is 97.1 Å². The molecule has 0 aliphatic carbocycles. The van der Waals surface area contributed by atoms with Crippen LogP contribution in [0, 0.1) is 0 Å². The van der Waals surface area contributed by atoms with Crippen LogP contribution in [-0.4, -0.2) is 0 Å². The Balaban J connectivity index is 1.85. The van der Waals surface area contributed by atoms with Crippen LogP contribution in [0.5, 0.6) is 0 Å². The van der Waals surface area contributed by atoms with Gasteiger partial charge >= 0.3 is 0 Å². The van der Waals surface area contributed by atoms with Crippen LogP contribution in [0.4, 0.5) is 0 Å². The van der Waals surface area contributed by atoms with Gasteiger partial charge in [0, 0.05) is 0 Å². The Morgan fingerprint density at radius 3 is 1.50 bits per heavy atom. The summed E-state index contributed by atoms with van der Waals surface area (Å²) in [6.07, 6.45) is 6.36. The van der Waals surface area contributed by atoms with E-state index in [1.807, 2.05) is 13.0 Å². The van der Waals surface area contributed by atoms with E-state index in [0.29, 0.717) is 0 Å². The van der Waals surface area contributed by atoms with Crippen molar-refractivity contribution in [2.45, 2.75) is 13.8 Å². The van der Waals surface area contributed by atoms with Crippen molar-refractivity contribution in [1.82, 2.24) is 0 Å². The summed E-state index contributed by atoms with van der Waals surface area (Å²) in [5.74, 6) is 0. The van der Waals surface area contributed by atoms with Crippen LogP contribution in [-0.2, 0) is 0 Å². The first-order valence-electron chi connectivity index (χ1n) is 8.37. The molecule has 0 saturated carbocycles. The Morgan fingerprint density at radius 2 is 1.04 bits per heavy atom. The first kappa shape index (κ1) is 16.0. The third-order valence-corrected chi connectivity index (χ3v) is 4.20. The topological polar surface area (TPSA) is 0 Å². The second kappa shape index (κ2) is 7.61. The molecule has 0 spiro atoms. The summed E-state index contributed by atoms with van der Waals surface area (Å²) in [6.45, 7) is 4.12. The second-order valence-corrected chi connectivity index (χ2v) is 5.76. The van der Waals surface area contributed by atoms with Crippen molar-refractivity contribution in [3.63, 3.8) is 0 Å². The fraction of sp³-hybridized carbons (Fsp3) is 0.0833. The van der Waals surface area contributed by atoms with Crippen molar-refractivity contribution < 1.29 is 0 Å². The smallest absolute Gasteiger partial charge is 0.0184 e.